The molecular formula is C17H28ClN3O6. The third-order valence-electron chi connectivity index (χ3n) is 5.37. The quantitative estimate of drug-likeness (QED) is 0.379. The molecule has 6 N–H and O–H groups in total. The number of hydrogen-bond acceptors (Lipinski definition) is 5. The highest BCUT2D eigenvalue weighted by Crippen LogP contribution is 2.62. The molecule has 0 aromatic carbocycles. The Hall–Kier alpha value is -1.87. The third-order valence-corrected chi connectivity index (χ3v) is 5.37. The number of carbonyl (C=O) groups excluding carboxylic acids is 2. The summed E-state index contributed by atoms with van der Waals surface area (Å²) in [6.45, 7) is 5.14. The molecule has 2 fully saturated rings. The van der Waals surface area contributed by atoms with E-state index in [2.05, 4.69) is 10.6 Å². The first-order valence-electron chi connectivity index (χ1n) is 8.85. The fraction of sp³-hybridized carbons (Fsp3) is 0.765. The molecule has 9 nitrogen and oxygen atoms in total. The number of rotatable bonds is 8. The van der Waals surface area contributed by atoms with Gasteiger partial charge in [-0.3, -0.25) is 14.4 Å². The molecule has 6 atom stereocenters. The largest absolute Gasteiger partial charge is 0.481 e. The van der Waals surface area contributed by atoms with Crippen molar-refractivity contribution in [2.75, 3.05) is 0 Å². The lowest BCUT2D eigenvalue weighted by molar-refractivity contribution is -0.145. The number of nitrogens with two attached hydrogens (primary N) is 1. The second-order valence-corrected chi connectivity index (χ2v) is 7.84. The summed E-state index contributed by atoms with van der Waals surface area (Å²) in [6, 6.07) is -1.97. The zero-order valence-electron chi connectivity index (χ0n) is 15.6. The molecule has 2 saturated carbocycles. The molecule has 0 aliphatic heterocycles. The monoisotopic (exact) mass is 405 g/mol. The fourth-order valence-corrected chi connectivity index (χ4v) is 4.08. The van der Waals surface area contributed by atoms with Crippen LogP contribution in [0.1, 0.15) is 40.0 Å². The van der Waals surface area contributed by atoms with E-state index in [0.29, 0.717) is 6.42 Å². The number of carboxylic acid groups (broad SMARTS) is 2. The molecule has 0 radical (unpaired) electrons. The van der Waals surface area contributed by atoms with Crippen molar-refractivity contribution in [2.45, 2.75) is 57.7 Å². The molecule has 0 heterocycles. The lowest BCUT2D eigenvalue weighted by Crippen LogP contribution is -2.64. The minimum Gasteiger partial charge on any atom is -0.481 e. The Morgan fingerprint density at radius 2 is 1.78 bits per heavy atom. The van der Waals surface area contributed by atoms with Gasteiger partial charge in [-0.25, -0.2) is 4.79 Å². The second-order valence-electron chi connectivity index (χ2n) is 7.84. The number of carboxylic acids is 2. The number of carbonyl (C=O) groups is 4. The van der Waals surface area contributed by atoms with E-state index in [-0.39, 0.29) is 37.1 Å². The van der Waals surface area contributed by atoms with Crippen LogP contribution in [0.3, 0.4) is 0 Å². The van der Waals surface area contributed by atoms with E-state index >= 15 is 0 Å². The minimum absolute atomic E-state index is 0. The molecule has 2 amide bonds. The minimum atomic E-state index is -1.43. The Labute approximate surface area is 163 Å². The van der Waals surface area contributed by atoms with Crippen LogP contribution in [0.4, 0.5) is 0 Å². The van der Waals surface area contributed by atoms with Gasteiger partial charge in [0.25, 0.3) is 0 Å². The molecule has 0 unspecified atom stereocenters. The highest BCUT2D eigenvalue weighted by Gasteiger charge is 2.71. The highest BCUT2D eigenvalue weighted by atomic mass is 35.5. The van der Waals surface area contributed by atoms with Crippen molar-refractivity contribution in [2.24, 2.45) is 29.4 Å². The van der Waals surface area contributed by atoms with Gasteiger partial charge in [0.15, 0.2) is 0 Å². The van der Waals surface area contributed by atoms with Crippen molar-refractivity contribution in [3.8, 4) is 0 Å². The van der Waals surface area contributed by atoms with Crippen molar-refractivity contribution >= 4 is 36.2 Å². The molecule has 2 aliphatic carbocycles. The topological polar surface area (TPSA) is 159 Å². The maximum atomic E-state index is 13.0. The van der Waals surface area contributed by atoms with Crippen molar-refractivity contribution in [3.63, 3.8) is 0 Å². The van der Waals surface area contributed by atoms with Crippen LogP contribution < -0.4 is 16.4 Å². The van der Waals surface area contributed by atoms with Gasteiger partial charge in [0, 0.05) is 5.92 Å². The Morgan fingerprint density at radius 3 is 2.19 bits per heavy atom. The number of aliphatic carboxylic acids is 2. The number of fused-ring (bicyclic) bond motifs is 1. The highest BCUT2D eigenvalue weighted by molar-refractivity contribution is 5.97. The predicted octanol–water partition coefficient (Wildman–Crippen LogP) is -0.0335. The molecular weight excluding hydrogens is 378 g/mol. The van der Waals surface area contributed by atoms with Gasteiger partial charge in [0.2, 0.25) is 11.8 Å². The van der Waals surface area contributed by atoms with E-state index in [9.17, 15) is 29.4 Å². The summed E-state index contributed by atoms with van der Waals surface area (Å²) in [6.07, 6.45) is 0.982. The summed E-state index contributed by atoms with van der Waals surface area (Å²) in [4.78, 5) is 48.1. The Balaban J connectivity index is 0.00000364. The molecule has 10 heteroatoms. The summed E-state index contributed by atoms with van der Waals surface area (Å²) < 4.78 is 0. The lowest BCUT2D eigenvalue weighted by atomic mass is 9.88. The van der Waals surface area contributed by atoms with E-state index in [0.717, 1.165) is 0 Å². The first-order chi connectivity index (χ1) is 12.0. The molecule has 2 rings (SSSR count). The SMILES string of the molecule is CC(C)C[C@H](NC(=O)[C@]1(NC(=O)[C@H](C)N)CC[C@H]2[C@H](C(=O)O)[C@H]21)C(=O)O.Cl. The fourth-order valence-electron chi connectivity index (χ4n) is 4.08. The summed E-state index contributed by atoms with van der Waals surface area (Å²) in [7, 11) is 0. The van der Waals surface area contributed by atoms with Gasteiger partial charge < -0.3 is 26.6 Å². The van der Waals surface area contributed by atoms with Gasteiger partial charge in [0.05, 0.1) is 12.0 Å². The van der Waals surface area contributed by atoms with Crippen molar-refractivity contribution < 1.29 is 29.4 Å². The number of hydrogen-bond donors (Lipinski definition) is 5. The average Bonchev–Trinajstić information content (AvgIpc) is 3.15. The molecule has 27 heavy (non-hydrogen) atoms. The second kappa shape index (κ2) is 8.43. The Bertz CT molecular complexity index is 626. The van der Waals surface area contributed by atoms with Gasteiger partial charge in [0.1, 0.15) is 11.6 Å². The average molecular weight is 406 g/mol. The van der Waals surface area contributed by atoms with E-state index < -0.39 is 53.2 Å². The zero-order valence-corrected chi connectivity index (χ0v) is 16.4. The van der Waals surface area contributed by atoms with Crippen molar-refractivity contribution in [3.05, 3.63) is 0 Å². The van der Waals surface area contributed by atoms with Crippen molar-refractivity contribution in [1.29, 1.82) is 0 Å². The van der Waals surface area contributed by atoms with E-state index in [4.69, 9.17) is 5.73 Å². The standard InChI is InChI=1S/C17H27N3O6.ClH/c1-7(2)6-10(14(22)23)19-16(26)17(20-13(21)8(3)18)5-4-9-11(12(9)17)15(24)25;/h7-12H,4-6,18H2,1-3H3,(H,19,26)(H,20,21)(H,22,23)(H,24,25);1H/t8-,9-,10-,11-,12-,17-;/m0./s1. The molecule has 0 spiro atoms. The van der Waals surface area contributed by atoms with Crippen LogP contribution in [0, 0.1) is 23.7 Å². The van der Waals surface area contributed by atoms with Gasteiger partial charge >= 0.3 is 11.9 Å². The van der Waals surface area contributed by atoms with Crippen LogP contribution in [0.25, 0.3) is 0 Å². The van der Waals surface area contributed by atoms with Crippen LogP contribution in [-0.2, 0) is 19.2 Å². The smallest absolute Gasteiger partial charge is 0.326 e. The summed E-state index contributed by atoms with van der Waals surface area (Å²) in [5.41, 5.74) is 4.16. The van der Waals surface area contributed by atoms with Crippen LogP contribution in [0.2, 0.25) is 0 Å². The Kier molecular flexibility index (Phi) is 7.24. The third kappa shape index (κ3) is 4.52. The van der Waals surface area contributed by atoms with E-state index in [1.165, 1.54) is 6.92 Å². The van der Waals surface area contributed by atoms with Gasteiger partial charge in [-0.15, -0.1) is 12.4 Å². The van der Waals surface area contributed by atoms with Gasteiger partial charge in [-0.05, 0) is 38.0 Å². The van der Waals surface area contributed by atoms with Crippen LogP contribution in [0.15, 0.2) is 0 Å². The summed E-state index contributed by atoms with van der Waals surface area (Å²) in [5.74, 6) is -4.80. The molecule has 154 valence electrons. The van der Waals surface area contributed by atoms with E-state index in [1.54, 1.807) is 0 Å². The van der Waals surface area contributed by atoms with Crippen LogP contribution in [-0.4, -0.2) is 51.6 Å². The first kappa shape index (κ1) is 23.2. The van der Waals surface area contributed by atoms with Crippen LogP contribution >= 0.6 is 12.4 Å². The number of nitrogens with one attached hydrogen (secondary N) is 2. The van der Waals surface area contributed by atoms with Gasteiger partial charge in [-0.1, -0.05) is 13.8 Å². The lowest BCUT2D eigenvalue weighted by Gasteiger charge is -2.33. The first-order valence-corrected chi connectivity index (χ1v) is 8.85. The summed E-state index contributed by atoms with van der Waals surface area (Å²) in [5, 5.41) is 23.8. The zero-order chi connectivity index (χ0) is 19.8. The predicted molar refractivity (Wildman–Crippen MR) is 98.1 cm³/mol. The summed E-state index contributed by atoms with van der Waals surface area (Å²) >= 11 is 0. The maximum absolute atomic E-state index is 13.0. The maximum Gasteiger partial charge on any atom is 0.326 e. The van der Waals surface area contributed by atoms with Crippen molar-refractivity contribution in [1.82, 2.24) is 10.6 Å². The van der Waals surface area contributed by atoms with Gasteiger partial charge in [-0.2, -0.15) is 0 Å². The molecule has 0 bridgehead atoms. The molecule has 0 aromatic rings. The number of halogens is 1. The van der Waals surface area contributed by atoms with E-state index in [1.807, 2.05) is 13.8 Å². The normalized spacial score (nSPS) is 30.5. The molecule has 0 saturated heterocycles. The molecule has 0 aromatic heterocycles. The number of amides is 2. The van der Waals surface area contributed by atoms with Crippen LogP contribution in [0.5, 0.6) is 0 Å². The Morgan fingerprint density at radius 1 is 1.19 bits per heavy atom. The molecule has 2 aliphatic rings.